The summed E-state index contributed by atoms with van der Waals surface area (Å²) >= 11 is 0. The SMILES string of the molecule is C=C1c2cnccc2C/C(=N\O)c2ccccc21. The van der Waals surface area contributed by atoms with Crippen LogP contribution in [-0.4, -0.2) is 15.9 Å². The average Bonchev–Trinajstić information content (AvgIpc) is 2.55. The van der Waals surface area contributed by atoms with Crippen molar-refractivity contribution in [2.24, 2.45) is 5.16 Å². The summed E-state index contributed by atoms with van der Waals surface area (Å²) in [7, 11) is 0. The smallest absolute Gasteiger partial charge is 0.0917 e. The molecule has 0 unspecified atom stereocenters. The molecule has 2 aromatic rings. The zero-order valence-electron chi connectivity index (χ0n) is 9.80. The molecule has 0 fully saturated rings. The van der Waals surface area contributed by atoms with E-state index in [2.05, 4.69) is 16.7 Å². The van der Waals surface area contributed by atoms with Crippen LogP contribution >= 0.6 is 0 Å². The molecule has 0 amide bonds. The van der Waals surface area contributed by atoms with Crippen molar-refractivity contribution < 1.29 is 5.21 Å². The van der Waals surface area contributed by atoms with Crippen LogP contribution in [0, 0.1) is 0 Å². The largest absolute Gasteiger partial charge is 0.411 e. The topological polar surface area (TPSA) is 45.5 Å². The predicted octanol–water partition coefficient (Wildman–Crippen LogP) is 2.88. The van der Waals surface area contributed by atoms with Gasteiger partial charge in [0.1, 0.15) is 0 Å². The fraction of sp³-hybridized carbons (Fsp3) is 0.0667. The molecule has 1 aliphatic rings. The highest BCUT2D eigenvalue weighted by molar-refractivity contribution is 6.08. The Morgan fingerprint density at radius 2 is 1.89 bits per heavy atom. The van der Waals surface area contributed by atoms with Crippen molar-refractivity contribution in [2.45, 2.75) is 6.42 Å². The fourth-order valence-electron chi connectivity index (χ4n) is 2.36. The standard InChI is InChI=1S/C15H12N2O/c1-10-12-4-2-3-5-13(12)15(17-18)8-11-6-7-16-9-14(10)11/h2-7,9,18H,1,8H2/b17-15+. The maximum atomic E-state index is 9.22. The molecule has 0 atom stereocenters. The first-order chi connectivity index (χ1) is 8.81. The van der Waals surface area contributed by atoms with Crippen molar-refractivity contribution >= 4 is 11.3 Å². The van der Waals surface area contributed by atoms with E-state index in [1.165, 1.54) is 0 Å². The Labute approximate surface area is 105 Å². The first-order valence-corrected chi connectivity index (χ1v) is 5.74. The molecule has 0 saturated heterocycles. The molecule has 1 aromatic heterocycles. The minimum atomic E-state index is 0.588. The Hall–Kier alpha value is -2.42. The van der Waals surface area contributed by atoms with Crippen molar-refractivity contribution in [3.63, 3.8) is 0 Å². The van der Waals surface area contributed by atoms with E-state index >= 15 is 0 Å². The number of fused-ring (bicyclic) bond motifs is 2. The van der Waals surface area contributed by atoms with Crippen molar-refractivity contribution in [2.75, 3.05) is 0 Å². The van der Waals surface area contributed by atoms with E-state index in [9.17, 15) is 5.21 Å². The molecule has 0 bridgehead atoms. The van der Waals surface area contributed by atoms with Gasteiger partial charge in [0.05, 0.1) is 5.71 Å². The Bertz CT molecular complexity index is 659. The average molecular weight is 236 g/mol. The molecule has 3 rings (SSSR count). The number of hydrogen-bond donors (Lipinski definition) is 1. The third kappa shape index (κ3) is 1.52. The number of benzene rings is 1. The summed E-state index contributed by atoms with van der Waals surface area (Å²) in [5.41, 5.74) is 5.62. The minimum absolute atomic E-state index is 0.588. The zero-order chi connectivity index (χ0) is 12.5. The summed E-state index contributed by atoms with van der Waals surface area (Å²) in [5.74, 6) is 0. The molecule has 1 aliphatic carbocycles. The quantitative estimate of drug-likeness (QED) is 0.564. The molecule has 0 radical (unpaired) electrons. The first-order valence-electron chi connectivity index (χ1n) is 5.74. The summed E-state index contributed by atoms with van der Waals surface area (Å²) < 4.78 is 0. The highest BCUT2D eigenvalue weighted by atomic mass is 16.4. The lowest BCUT2D eigenvalue weighted by molar-refractivity contribution is 0.318. The van der Waals surface area contributed by atoms with Crippen LogP contribution in [0.15, 0.2) is 54.5 Å². The number of rotatable bonds is 0. The molecule has 0 saturated carbocycles. The number of pyridine rings is 1. The van der Waals surface area contributed by atoms with Gasteiger partial charge < -0.3 is 5.21 Å². The van der Waals surface area contributed by atoms with Gasteiger partial charge in [0.2, 0.25) is 0 Å². The maximum Gasteiger partial charge on any atom is 0.0917 e. The second-order valence-corrected chi connectivity index (χ2v) is 4.28. The highest BCUT2D eigenvalue weighted by Gasteiger charge is 2.20. The van der Waals surface area contributed by atoms with Crippen LogP contribution in [0.5, 0.6) is 0 Å². The maximum absolute atomic E-state index is 9.22. The third-order valence-electron chi connectivity index (χ3n) is 3.28. The van der Waals surface area contributed by atoms with Crippen molar-refractivity contribution in [3.05, 3.63) is 71.6 Å². The van der Waals surface area contributed by atoms with E-state index in [1.54, 1.807) is 6.20 Å². The summed E-state index contributed by atoms with van der Waals surface area (Å²) in [5, 5.41) is 12.7. The first kappa shape index (κ1) is 10.7. The second-order valence-electron chi connectivity index (χ2n) is 4.28. The zero-order valence-corrected chi connectivity index (χ0v) is 9.80. The molecule has 1 aromatic carbocycles. The normalized spacial score (nSPS) is 16.0. The molecule has 18 heavy (non-hydrogen) atoms. The van der Waals surface area contributed by atoms with Gasteiger partial charge in [-0.2, -0.15) is 0 Å². The summed E-state index contributed by atoms with van der Waals surface area (Å²) in [6.45, 7) is 4.15. The van der Waals surface area contributed by atoms with Gasteiger partial charge in [-0.25, -0.2) is 0 Å². The van der Waals surface area contributed by atoms with Crippen LogP contribution in [0.3, 0.4) is 0 Å². The number of oxime groups is 1. The van der Waals surface area contributed by atoms with Crippen LogP contribution < -0.4 is 0 Å². The Morgan fingerprint density at radius 3 is 2.67 bits per heavy atom. The number of aromatic nitrogens is 1. The summed E-state index contributed by atoms with van der Waals surface area (Å²) in [6, 6.07) is 9.78. The summed E-state index contributed by atoms with van der Waals surface area (Å²) in [6.07, 6.45) is 4.15. The van der Waals surface area contributed by atoms with E-state index in [0.717, 1.165) is 27.8 Å². The van der Waals surface area contributed by atoms with Gasteiger partial charge in [0.15, 0.2) is 0 Å². The van der Waals surface area contributed by atoms with E-state index in [-0.39, 0.29) is 0 Å². The summed E-state index contributed by atoms with van der Waals surface area (Å²) in [4.78, 5) is 4.15. The van der Waals surface area contributed by atoms with E-state index in [0.29, 0.717) is 12.1 Å². The fourth-order valence-corrected chi connectivity index (χ4v) is 2.36. The van der Waals surface area contributed by atoms with Crippen molar-refractivity contribution in [3.8, 4) is 0 Å². The molecule has 88 valence electrons. The van der Waals surface area contributed by atoms with Gasteiger partial charge in [0, 0.05) is 29.9 Å². The monoisotopic (exact) mass is 236 g/mol. The Balaban J connectivity index is 2.31. The molecule has 1 heterocycles. The molecule has 1 N–H and O–H groups in total. The van der Waals surface area contributed by atoms with E-state index in [4.69, 9.17) is 0 Å². The van der Waals surface area contributed by atoms with Crippen LogP contribution in [0.2, 0.25) is 0 Å². The number of nitrogens with zero attached hydrogens (tertiary/aromatic N) is 2. The van der Waals surface area contributed by atoms with Gasteiger partial charge in [-0.05, 0) is 22.8 Å². The predicted molar refractivity (Wildman–Crippen MR) is 70.8 cm³/mol. The van der Waals surface area contributed by atoms with Gasteiger partial charge >= 0.3 is 0 Å². The second kappa shape index (κ2) is 4.11. The highest BCUT2D eigenvalue weighted by Crippen LogP contribution is 2.31. The Morgan fingerprint density at radius 1 is 1.11 bits per heavy atom. The van der Waals surface area contributed by atoms with Crippen molar-refractivity contribution in [1.82, 2.24) is 4.98 Å². The molecular weight excluding hydrogens is 224 g/mol. The van der Waals surface area contributed by atoms with Crippen LogP contribution in [0.25, 0.3) is 5.57 Å². The molecule has 3 nitrogen and oxygen atoms in total. The number of hydrogen-bond acceptors (Lipinski definition) is 3. The minimum Gasteiger partial charge on any atom is -0.411 e. The lowest BCUT2D eigenvalue weighted by Crippen LogP contribution is -2.05. The molecule has 0 aliphatic heterocycles. The lowest BCUT2D eigenvalue weighted by Gasteiger charge is -2.08. The van der Waals surface area contributed by atoms with Gasteiger partial charge in [-0.1, -0.05) is 36.0 Å². The molecule has 0 spiro atoms. The third-order valence-corrected chi connectivity index (χ3v) is 3.28. The van der Waals surface area contributed by atoms with Crippen LogP contribution in [0.1, 0.15) is 22.3 Å². The van der Waals surface area contributed by atoms with Gasteiger partial charge in [-0.15, -0.1) is 0 Å². The Kier molecular flexibility index (Phi) is 2.45. The molecule has 3 heteroatoms. The lowest BCUT2D eigenvalue weighted by atomic mass is 9.97. The molecular formula is C15H12N2O. The van der Waals surface area contributed by atoms with Crippen LogP contribution in [0.4, 0.5) is 0 Å². The van der Waals surface area contributed by atoms with Gasteiger partial charge in [0.25, 0.3) is 0 Å². The van der Waals surface area contributed by atoms with Crippen LogP contribution in [-0.2, 0) is 6.42 Å². The van der Waals surface area contributed by atoms with E-state index < -0.39 is 0 Å². The van der Waals surface area contributed by atoms with E-state index in [1.807, 2.05) is 36.5 Å². The van der Waals surface area contributed by atoms with Crippen molar-refractivity contribution in [1.29, 1.82) is 0 Å². The van der Waals surface area contributed by atoms with Gasteiger partial charge in [-0.3, -0.25) is 4.98 Å².